The molecule has 2 N–H and O–H groups in total. The van der Waals surface area contributed by atoms with Gasteiger partial charge in [-0.15, -0.1) is 71.4 Å². The van der Waals surface area contributed by atoms with Crippen LogP contribution in [0.1, 0.15) is 94.1 Å². The van der Waals surface area contributed by atoms with Crippen LogP contribution < -0.4 is 5.32 Å². The maximum atomic E-state index is 12.9. The molecular formula is C50H77N6O9P15. The number of hydrogen-bond donors (Lipinski definition) is 2. The molecule has 0 radical (unpaired) electrons. The van der Waals surface area contributed by atoms with Crippen molar-refractivity contribution in [3.8, 4) is 0 Å². The quantitative estimate of drug-likeness (QED) is 0.0965. The molecule has 15 nitrogen and oxygen atoms in total. The van der Waals surface area contributed by atoms with Crippen LogP contribution in [0.4, 0.5) is 9.59 Å². The molecule has 4 aliphatic rings. The Morgan fingerprint density at radius 1 is 0.562 bits per heavy atom. The number of aliphatic hydroxyl groups is 1. The minimum absolute atomic E-state index is 0.0339. The zero-order valence-electron chi connectivity index (χ0n) is 45.9. The molecule has 0 spiro atoms. The zero-order valence-corrected chi connectivity index (χ0v) is 61.5. The summed E-state index contributed by atoms with van der Waals surface area (Å²) in [7, 11) is 25.6. The van der Waals surface area contributed by atoms with Crippen molar-refractivity contribution < 1.29 is 43.3 Å². The van der Waals surface area contributed by atoms with Crippen LogP contribution in [-0.4, -0.2) is 141 Å². The molecule has 8 rings (SSSR count). The van der Waals surface area contributed by atoms with Crippen molar-refractivity contribution in [2.75, 3.05) is 52.4 Å². The molecule has 30 heteroatoms. The third kappa shape index (κ3) is 21.7. The van der Waals surface area contributed by atoms with E-state index in [0.717, 1.165) is 26.6 Å². The predicted molar refractivity (Wildman–Crippen MR) is 372 cm³/mol. The van der Waals surface area contributed by atoms with Crippen LogP contribution in [0.2, 0.25) is 0 Å². The molecular weight excluding hydrogens is 1290 g/mol. The van der Waals surface area contributed by atoms with Crippen molar-refractivity contribution in [3.63, 3.8) is 0 Å². The van der Waals surface area contributed by atoms with Crippen molar-refractivity contribution in [1.29, 1.82) is 0 Å². The molecule has 0 saturated carbocycles. The Morgan fingerprint density at radius 3 is 1.29 bits per heavy atom. The van der Waals surface area contributed by atoms with E-state index in [1.54, 1.807) is 58.3 Å². The van der Waals surface area contributed by atoms with E-state index in [1.807, 2.05) is 77.9 Å². The largest absolute Gasteiger partial charge is 0.444 e. The lowest BCUT2D eigenvalue weighted by Crippen LogP contribution is -2.58. The van der Waals surface area contributed by atoms with Gasteiger partial charge in [0.2, 0.25) is 0 Å². The summed E-state index contributed by atoms with van der Waals surface area (Å²) in [5.41, 5.74) is 3.09. The topological polar surface area (TPSA) is 169 Å². The summed E-state index contributed by atoms with van der Waals surface area (Å²) in [5.74, 6) is -1.16. The number of benzene rings is 4. The molecule has 4 heterocycles. The Balaban J connectivity index is 0.000000212. The molecule has 4 aromatic carbocycles. The summed E-state index contributed by atoms with van der Waals surface area (Å²) in [5, 5.41) is 11.9. The fraction of sp³-hybridized carbons (Fsp3) is 0.400. The number of ether oxygens (including phenoxy) is 2. The van der Waals surface area contributed by atoms with E-state index in [9.17, 15) is 33.9 Å². The van der Waals surface area contributed by atoms with Crippen LogP contribution >= 0.6 is 121 Å². The summed E-state index contributed by atoms with van der Waals surface area (Å²) in [4.78, 5) is 81.7. The Kier molecular flexibility index (Phi) is 30.1. The van der Waals surface area contributed by atoms with Crippen LogP contribution in [0.25, 0.3) is 0 Å². The molecule has 80 heavy (non-hydrogen) atoms. The van der Waals surface area contributed by atoms with Crippen molar-refractivity contribution in [1.82, 2.24) is 29.8 Å². The number of aliphatic hydroxyl groups excluding tert-OH is 1. The lowest BCUT2D eigenvalue weighted by molar-refractivity contribution is -0.00630. The van der Waals surface area contributed by atoms with Gasteiger partial charge in [0, 0.05) is 64.9 Å². The number of nitrogens with zero attached hydrogens (tertiary/aromatic N) is 5. The Bertz CT molecular complexity index is 2640. The number of piperazine rings is 2. The predicted octanol–water partition coefficient (Wildman–Crippen LogP) is 14.4. The van der Waals surface area contributed by atoms with Gasteiger partial charge in [-0.2, -0.15) is 0 Å². The molecule has 4 aliphatic heterocycles. The van der Waals surface area contributed by atoms with Crippen molar-refractivity contribution >= 4 is 157 Å². The van der Waals surface area contributed by atoms with Crippen molar-refractivity contribution in [2.45, 2.75) is 77.9 Å². The minimum atomic E-state index is -0.587. The van der Waals surface area contributed by atoms with E-state index in [-0.39, 0.29) is 103 Å². The second kappa shape index (κ2) is 34.0. The van der Waals surface area contributed by atoms with Crippen LogP contribution in [0, 0.1) is 0 Å². The number of imide groups is 2. The first kappa shape index (κ1) is 70.8. The average Bonchev–Trinajstić information content (AvgIpc) is 3.83. The molecule has 0 bridgehead atoms. The lowest BCUT2D eigenvalue weighted by atomic mass is 10.1. The highest BCUT2D eigenvalue weighted by Gasteiger charge is 2.41. The SMILES string of the molecule is CC(C)(C)OC(=O)N1CCN(Cc2ccccc2)[C@H](CN2C(=O)c3ccccc3C2=O)C1.CC(C)(C)OC(=O)N1CCN(Cc2ccccc2)[C@H](CO)C1.O=C1NC(=O)c2ccccc21.PPP(P)P(P(P)P)P(P(P)P)P(P)P. The van der Waals surface area contributed by atoms with E-state index in [0.29, 0.717) is 61.5 Å². The van der Waals surface area contributed by atoms with Crippen molar-refractivity contribution in [3.05, 3.63) is 143 Å². The van der Waals surface area contributed by atoms with E-state index < -0.39 is 11.2 Å². The molecule has 11 unspecified atom stereocenters. The summed E-state index contributed by atoms with van der Waals surface area (Å²) in [6, 6.07) is 33.6. The summed E-state index contributed by atoms with van der Waals surface area (Å²) in [6.45, 7) is 17.1. The average molecular weight is 1370 g/mol. The van der Waals surface area contributed by atoms with E-state index in [2.05, 4.69) is 111 Å². The maximum absolute atomic E-state index is 12.9. The molecule has 436 valence electrons. The number of amides is 6. The highest BCUT2D eigenvalue weighted by atomic mass is 33.3. The summed E-state index contributed by atoms with van der Waals surface area (Å²) in [6.07, 6.45) is -0.672. The van der Waals surface area contributed by atoms with Gasteiger partial charge < -0.3 is 24.4 Å². The van der Waals surface area contributed by atoms with Gasteiger partial charge in [0.15, 0.2) is 0 Å². The number of rotatable bonds is 13. The Morgan fingerprint density at radius 2 is 0.925 bits per heavy atom. The van der Waals surface area contributed by atoms with Crippen molar-refractivity contribution in [2.24, 2.45) is 0 Å². The van der Waals surface area contributed by atoms with Gasteiger partial charge in [-0.25, -0.2) is 9.59 Å². The normalized spacial score (nSPS) is 18.5. The molecule has 0 aliphatic carbocycles. The van der Waals surface area contributed by atoms with Crippen LogP contribution in [-0.2, 0) is 22.6 Å². The number of fused-ring (bicyclic) bond motifs is 2. The molecule has 6 amide bonds. The van der Waals surface area contributed by atoms with Gasteiger partial charge in [-0.3, -0.25) is 39.2 Å². The van der Waals surface area contributed by atoms with E-state index in [4.69, 9.17) is 9.47 Å². The Hall–Kier alpha value is 0.0300. The standard InChI is InChI=1S/C25H29N3O4.C17H26N2O3.C8H5NO2.H17P15/c1-25(2,3)32-24(31)27-14-13-26(15-18-9-5-4-6-10-18)19(16-27)17-28-22(29)20-11-7-8-12-21(20)23(28)30;1-17(2,3)22-16(21)19-10-9-18(15(12-19)13-20)11-14-7-5-4-6-8-14;10-7-5-3-1-2-4-6(5)8(11)9-7;1-9-13(8)15(12(6)7)14(10(2)3)11(4)5/h4-12,19H,13-17H2,1-3H3;4-8,15,20H,9-13H2,1-3H3;1-4H,(H,9,10,11);9H,1-8H2/t19-;15-;;/m00../s1. The van der Waals surface area contributed by atoms with Gasteiger partial charge in [0.1, 0.15) is 11.2 Å². The molecule has 4 aromatic rings. The summed E-state index contributed by atoms with van der Waals surface area (Å²) < 4.78 is 11.0. The number of nitrogens with one attached hydrogen (secondary N) is 1. The third-order valence-corrected chi connectivity index (χ3v) is 101. The number of carbonyl (C=O) groups excluding carboxylic acids is 6. The first-order valence-corrected chi connectivity index (χ1v) is 51.8. The first-order chi connectivity index (χ1) is 37.7. The monoisotopic (exact) mass is 1370 g/mol. The molecule has 13 atom stereocenters. The van der Waals surface area contributed by atoms with Gasteiger partial charge in [0.05, 0.1) is 34.9 Å². The second-order valence-electron chi connectivity index (χ2n) is 20.5. The highest BCUT2D eigenvalue weighted by molar-refractivity contribution is 9.28. The molecule has 2 fully saturated rings. The van der Waals surface area contributed by atoms with E-state index in [1.165, 1.54) is 10.5 Å². The smallest absolute Gasteiger partial charge is 0.410 e. The third-order valence-electron chi connectivity index (χ3n) is 12.2. The first-order valence-electron chi connectivity index (χ1n) is 25.3. The van der Waals surface area contributed by atoms with Gasteiger partial charge in [-0.05, 0) is 119 Å². The minimum Gasteiger partial charge on any atom is -0.444 e. The lowest BCUT2D eigenvalue weighted by Gasteiger charge is -2.42. The van der Waals surface area contributed by atoms with Crippen LogP contribution in [0.15, 0.2) is 109 Å². The van der Waals surface area contributed by atoms with Gasteiger partial charge in [-0.1, -0.05) is 92.9 Å². The maximum Gasteiger partial charge on any atom is 0.410 e. The number of hydrogen-bond acceptors (Lipinski definition) is 11. The second-order valence-corrected chi connectivity index (χ2v) is 76.4. The van der Waals surface area contributed by atoms with Gasteiger partial charge >= 0.3 is 12.2 Å². The van der Waals surface area contributed by atoms with Crippen LogP contribution in [0.5, 0.6) is 0 Å². The van der Waals surface area contributed by atoms with Crippen LogP contribution in [0.3, 0.4) is 0 Å². The number of carbonyl (C=O) groups is 6. The van der Waals surface area contributed by atoms with Gasteiger partial charge in [0.25, 0.3) is 23.6 Å². The highest BCUT2D eigenvalue weighted by Crippen LogP contribution is 3.22. The fourth-order valence-electron chi connectivity index (χ4n) is 8.55. The van der Waals surface area contributed by atoms with E-state index >= 15 is 0 Å². The fourth-order valence-corrected chi connectivity index (χ4v) is 165. The molecule has 2 saturated heterocycles. The Labute approximate surface area is 500 Å². The summed E-state index contributed by atoms with van der Waals surface area (Å²) >= 11 is 0. The zero-order chi connectivity index (χ0) is 59.1. The molecule has 0 aromatic heterocycles.